The van der Waals surface area contributed by atoms with Crippen molar-refractivity contribution in [3.63, 3.8) is 0 Å². The summed E-state index contributed by atoms with van der Waals surface area (Å²) in [6, 6.07) is 5.16. The van der Waals surface area contributed by atoms with Gasteiger partial charge in [-0.25, -0.2) is 4.79 Å². The van der Waals surface area contributed by atoms with E-state index >= 15 is 0 Å². The lowest BCUT2D eigenvalue weighted by Crippen LogP contribution is -2.68. The summed E-state index contributed by atoms with van der Waals surface area (Å²) < 4.78 is 29.7. The number of aliphatic carboxylic acids is 1. The van der Waals surface area contributed by atoms with E-state index in [1.807, 2.05) is 0 Å². The summed E-state index contributed by atoms with van der Waals surface area (Å²) in [6.07, 6.45) is 0. The van der Waals surface area contributed by atoms with Crippen LogP contribution in [-0.2, 0) is 23.9 Å². The number of fused-ring (bicyclic) bond motifs is 1. The van der Waals surface area contributed by atoms with Gasteiger partial charge in [-0.1, -0.05) is 17.7 Å². The number of nitrogens with two attached hydrogens (primary N) is 1. The zero-order valence-corrected chi connectivity index (χ0v) is 14.1. The third-order valence-corrected chi connectivity index (χ3v) is 6.24. The molecule has 1 aromatic carbocycles. The number of hydrogen-bond acceptors (Lipinski definition) is 7. The largest absolute Gasteiger partial charge is 0.476 e. The molecule has 0 aromatic heterocycles. The number of thioether (sulfide) groups is 1. The van der Waals surface area contributed by atoms with Crippen LogP contribution in [0.25, 0.3) is 0 Å². The highest BCUT2D eigenvalue weighted by Crippen LogP contribution is 2.40. The van der Waals surface area contributed by atoms with Crippen LogP contribution >= 0.6 is 11.8 Å². The van der Waals surface area contributed by atoms with Crippen LogP contribution in [0.2, 0.25) is 0 Å². The number of carbonyl (C=O) groups excluding carboxylic acids is 1. The molecular formula is C14H14N2O6S2. The van der Waals surface area contributed by atoms with Crippen molar-refractivity contribution >= 4 is 33.8 Å². The van der Waals surface area contributed by atoms with Gasteiger partial charge in [0.05, 0.1) is 5.75 Å². The molecule has 10 heteroatoms. The smallest absolute Gasteiger partial charge is 0.356 e. The van der Waals surface area contributed by atoms with E-state index in [-0.39, 0.29) is 16.4 Å². The molecule has 1 amide bonds. The topological polar surface area (TPSA) is 127 Å². The van der Waals surface area contributed by atoms with Gasteiger partial charge in [-0.3, -0.25) is 9.69 Å². The van der Waals surface area contributed by atoms with E-state index in [9.17, 15) is 23.1 Å². The third-order valence-electron chi connectivity index (χ3n) is 3.70. The molecule has 2 aliphatic rings. The maximum Gasteiger partial charge on any atom is 0.356 e. The van der Waals surface area contributed by atoms with Crippen molar-refractivity contribution in [3.05, 3.63) is 41.3 Å². The van der Waals surface area contributed by atoms with Crippen LogP contribution in [0, 0.1) is 6.92 Å². The van der Waals surface area contributed by atoms with Crippen molar-refractivity contribution in [1.29, 1.82) is 0 Å². The average molecular weight is 370 g/mol. The highest BCUT2D eigenvalue weighted by Gasteiger charge is 2.53. The summed E-state index contributed by atoms with van der Waals surface area (Å²) in [5.74, 6) is -2.30. The van der Waals surface area contributed by atoms with Crippen LogP contribution in [0.3, 0.4) is 0 Å². The van der Waals surface area contributed by atoms with Gasteiger partial charge in [-0.15, -0.1) is 11.8 Å². The lowest BCUT2D eigenvalue weighted by atomic mass is 10.1. The van der Waals surface area contributed by atoms with E-state index in [0.717, 1.165) is 22.2 Å². The lowest BCUT2D eigenvalue weighted by molar-refractivity contribution is -0.148. The van der Waals surface area contributed by atoms with E-state index in [0.29, 0.717) is 0 Å². The average Bonchev–Trinajstić information content (AvgIpc) is 2.53. The molecule has 1 saturated heterocycles. The Hall–Kier alpha value is -2.04. The number of benzene rings is 1. The number of aryl methyl sites for hydroxylation is 1. The second-order valence-corrected chi connectivity index (χ2v) is 8.01. The normalized spacial score (nSPS) is 23.6. The van der Waals surface area contributed by atoms with Crippen LogP contribution in [-0.4, -0.2) is 47.5 Å². The van der Waals surface area contributed by atoms with Crippen LogP contribution in [0.15, 0.2) is 40.6 Å². The molecule has 0 aliphatic carbocycles. The van der Waals surface area contributed by atoms with Crippen LogP contribution in [0.4, 0.5) is 0 Å². The molecule has 24 heavy (non-hydrogen) atoms. The highest BCUT2D eigenvalue weighted by molar-refractivity contribution is 8.00. The highest BCUT2D eigenvalue weighted by atomic mass is 32.2. The Bertz CT molecular complexity index is 847. The van der Waals surface area contributed by atoms with E-state index in [4.69, 9.17) is 9.92 Å². The Kier molecular flexibility index (Phi) is 4.06. The lowest BCUT2D eigenvalue weighted by Gasteiger charge is -2.47. The molecule has 8 nitrogen and oxygen atoms in total. The van der Waals surface area contributed by atoms with Gasteiger partial charge >= 0.3 is 16.1 Å². The number of nitrogens with zero attached hydrogens (tertiary/aromatic N) is 1. The molecule has 1 fully saturated rings. The van der Waals surface area contributed by atoms with E-state index in [1.165, 1.54) is 12.1 Å². The minimum Gasteiger partial charge on any atom is -0.476 e. The SMILES string of the molecule is Cc1ccc(S(=O)(=O)OC2=C(C(=O)O)N3C(=O)C(N)[C@@H]3SC2)cc1. The fourth-order valence-corrected chi connectivity index (χ4v) is 4.68. The summed E-state index contributed by atoms with van der Waals surface area (Å²) >= 11 is 1.16. The maximum atomic E-state index is 12.3. The number of amides is 1. The first-order valence-corrected chi connectivity index (χ1v) is 9.36. The van der Waals surface area contributed by atoms with Gasteiger partial charge in [0.15, 0.2) is 11.5 Å². The van der Waals surface area contributed by atoms with Gasteiger partial charge < -0.3 is 15.0 Å². The van der Waals surface area contributed by atoms with E-state index in [2.05, 4.69) is 0 Å². The summed E-state index contributed by atoms with van der Waals surface area (Å²) in [4.78, 5) is 24.2. The Labute approximate surface area is 142 Å². The molecule has 3 N–H and O–H groups in total. The number of carboxylic acids is 1. The van der Waals surface area contributed by atoms with Crippen molar-refractivity contribution in [2.75, 3.05) is 5.75 Å². The predicted octanol–water partition coefficient (Wildman–Crippen LogP) is 0.239. The summed E-state index contributed by atoms with van der Waals surface area (Å²) in [5, 5.41) is 8.85. The van der Waals surface area contributed by atoms with Gasteiger partial charge in [-0.2, -0.15) is 8.42 Å². The Morgan fingerprint density at radius 1 is 1.38 bits per heavy atom. The number of hydrogen-bond donors (Lipinski definition) is 2. The summed E-state index contributed by atoms with van der Waals surface area (Å²) in [7, 11) is -4.19. The fraction of sp³-hybridized carbons (Fsp3) is 0.286. The molecule has 0 radical (unpaired) electrons. The second kappa shape index (κ2) is 5.80. The number of carbonyl (C=O) groups is 2. The molecule has 0 spiro atoms. The first-order valence-electron chi connectivity index (χ1n) is 6.90. The summed E-state index contributed by atoms with van der Waals surface area (Å²) in [6.45, 7) is 1.80. The zero-order valence-electron chi connectivity index (χ0n) is 12.5. The first kappa shape index (κ1) is 16.8. The van der Waals surface area contributed by atoms with E-state index < -0.39 is 39.1 Å². The molecule has 1 unspecified atom stereocenters. The minimum atomic E-state index is -4.19. The molecule has 3 rings (SSSR count). The molecule has 128 valence electrons. The molecule has 2 heterocycles. The Balaban J connectivity index is 1.96. The van der Waals surface area contributed by atoms with Gasteiger partial charge in [0.25, 0.3) is 0 Å². The molecule has 0 saturated carbocycles. The van der Waals surface area contributed by atoms with Crippen molar-refractivity contribution in [3.8, 4) is 0 Å². The number of β-lactam (4-membered cyclic amide) rings is 1. The van der Waals surface area contributed by atoms with Gasteiger partial charge in [0.1, 0.15) is 16.3 Å². The molecule has 0 bridgehead atoms. The molecule has 2 atom stereocenters. The molecular weight excluding hydrogens is 356 g/mol. The molecule has 1 aromatic rings. The van der Waals surface area contributed by atoms with Crippen molar-refractivity contribution in [1.82, 2.24) is 4.90 Å². The monoisotopic (exact) mass is 370 g/mol. The summed E-state index contributed by atoms with van der Waals surface area (Å²) in [5.41, 5.74) is 6.03. The number of carboxylic acid groups (broad SMARTS) is 1. The molecule has 2 aliphatic heterocycles. The third kappa shape index (κ3) is 2.66. The quantitative estimate of drug-likeness (QED) is 0.570. The first-order chi connectivity index (χ1) is 11.2. The fourth-order valence-electron chi connectivity index (χ4n) is 2.44. The van der Waals surface area contributed by atoms with E-state index in [1.54, 1.807) is 19.1 Å². The van der Waals surface area contributed by atoms with Crippen molar-refractivity contribution in [2.24, 2.45) is 5.73 Å². The van der Waals surface area contributed by atoms with Crippen LogP contribution < -0.4 is 5.73 Å². The predicted molar refractivity (Wildman–Crippen MR) is 85.2 cm³/mol. The van der Waals surface area contributed by atoms with Gasteiger partial charge in [-0.05, 0) is 19.1 Å². The van der Waals surface area contributed by atoms with Gasteiger partial charge in [0.2, 0.25) is 5.91 Å². The van der Waals surface area contributed by atoms with Crippen molar-refractivity contribution < 1.29 is 27.3 Å². The van der Waals surface area contributed by atoms with Crippen LogP contribution in [0.1, 0.15) is 5.56 Å². The maximum absolute atomic E-state index is 12.3. The van der Waals surface area contributed by atoms with Gasteiger partial charge in [0, 0.05) is 0 Å². The zero-order chi connectivity index (χ0) is 17.6. The minimum absolute atomic E-state index is 0.00509. The van der Waals surface area contributed by atoms with Crippen molar-refractivity contribution in [2.45, 2.75) is 23.2 Å². The van der Waals surface area contributed by atoms with Crippen LogP contribution in [0.5, 0.6) is 0 Å². The number of rotatable bonds is 4. The Morgan fingerprint density at radius 3 is 2.58 bits per heavy atom. The standard InChI is InChI=1S/C14H14N2O6S2/c1-7-2-4-8(5-3-7)24(20,21)22-9-6-23-13-10(15)12(17)16(13)11(9)14(18)19/h2-5,10,13H,6,15H2,1H3,(H,18,19)/t10?,13-/m0/s1. The Morgan fingerprint density at radius 2 is 2.00 bits per heavy atom. The second-order valence-electron chi connectivity index (χ2n) is 5.36.